The van der Waals surface area contributed by atoms with Crippen molar-refractivity contribution in [2.75, 3.05) is 17.4 Å². The zero-order chi connectivity index (χ0) is 23.9. The van der Waals surface area contributed by atoms with Crippen LogP contribution in [-0.4, -0.2) is 60.0 Å². The van der Waals surface area contributed by atoms with E-state index >= 15 is 0 Å². The first-order valence-electron chi connectivity index (χ1n) is 10.5. The van der Waals surface area contributed by atoms with Crippen molar-refractivity contribution in [3.05, 3.63) is 46.5 Å². The van der Waals surface area contributed by atoms with Crippen LogP contribution in [0.15, 0.2) is 45.8 Å². The Balaban J connectivity index is 1.61. The second-order valence-electron chi connectivity index (χ2n) is 8.66. The Hall–Kier alpha value is -2.60. The highest BCUT2D eigenvalue weighted by molar-refractivity contribution is 8.04. The second-order valence-corrected chi connectivity index (χ2v) is 11.6. The minimum Gasteiger partial charge on any atom is -0.477 e. The molecule has 3 aliphatic heterocycles. The summed E-state index contributed by atoms with van der Waals surface area (Å²) in [4.78, 5) is 26.5. The molecular formula is C22H23N3O6S2. The van der Waals surface area contributed by atoms with E-state index in [4.69, 9.17) is 5.73 Å². The predicted octanol–water partition coefficient (Wildman–Crippen LogP) is 1.45. The molecule has 3 heterocycles. The fourth-order valence-electron chi connectivity index (χ4n) is 4.88. The fourth-order valence-corrected chi connectivity index (χ4v) is 8.49. The third-order valence-electron chi connectivity index (χ3n) is 6.83. The number of aliphatic hydroxyl groups is 1. The number of carbonyl (C=O) groups excluding carboxylic acids is 1. The van der Waals surface area contributed by atoms with Gasteiger partial charge in [-0.2, -0.15) is 0 Å². The molecule has 0 aromatic heterocycles. The molecule has 0 radical (unpaired) electrons. The van der Waals surface area contributed by atoms with Crippen LogP contribution in [0.4, 0.5) is 5.69 Å². The van der Waals surface area contributed by atoms with Crippen molar-refractivity contribution >= 4 is 50.1 Å². The van der Waals surface area contributed by atoms with E-state index in [9.17, 15) is 28.2 Å². The minimum atomic E-state index is -3.98. The van der Waals surface area contributed by atoms with E-state index in [0.717, 1.165) is 22.0 Å². The summed E-state index contributed by atoms with van der Waals surface area (Å²) in [5.74, 6) is -1.79. The minimum absolute atomic E-state index is 0.203. The van der Waals surface area contributed by atoms with Gasteiger partial charge in [0.2, 0.25) is 5.91 Å². The average Bonchev–Trinajstić information content (AvgIpc) is 3.23. The lowest BCUT2D eigenvalue weighted by atomic mass is 9.75. The molecule has 3 atom stereocenters. The Labute approximate surface area is 194 Å². The van der Waals surface area contributed by atoms with E-state index in [2.05, 4.69) is 0 Å². The third kappa shape index (κ3) is 2.76. The summed E-state index contributed by atoms with van der Waals surface area (Å²) in [7, 11) is -3.98. The second kappa shape index (κ2) is 7.20. The van der Waals surface area contributed by atoms with E-state index in [1.807, 2.05) is 12.1 Å². The molecule has 174 valence electrons. The van der Waals surface area contributed by atoms with Crippen molar-refractivity contribution in [3.63, 3.8) is 0 Å². The number of benzene rings is 2. The summed E-state index contributed by atoms with van der Waals surface area (Å²) in [5, 5.41) is 20.8. The van der Waals surface area contributed by atoms with Crippen LogP contribution in [0.5, 0.6) is 0 Å². The van der Waals surface area contributed by atoms with Gasteiger partial charge in [0.1, 0.15) is 21.4 Å². The number of thioether (sulfide) groups is 1. The Morgan fingerprint density at radius 2 is 2.03 bits per heavy atom. The molecule has 9 nitrogen and oxygen atoms in total. The van der Waals surface area contributed by atoms with Gasteiger partial charge in [-0.1, -0.05) is 36.0 Å². The van der Waals surface area contributed by atoms with Crippen LogP contribution < -0.4 is 10.0 Å². The molecule has 0 spiro atoms. The lowest BCUT2D eigenvalue weighted by molar-refractivity contribution is -0.170. The van der Waals surface area contributed by atoms with Crippen molar-refractivity contribution < 1.29 is 28.2 Å². The zero-order valence-corrected chi connectivity index (χ0v) is 19.6. The number of rotatable bonds is 6. The molecule has 11 heteroatoms. The topological polar surface area (TPSA) is 141 Å². The van der Waals surface area contributed by atoms with Crippen LogP contribution in [-0.2, 0) is 26.0 Å². The quantitative estimate of drug-likeness (QED) is 0.518. The lowest BCUT2D eigenvalue weighted by Gasteiger charge is -2.52. The first-order chi connectivity index (χ1) is 15.5. The number of anilines is 1. The zero-order valence-electron chi connectivity index (χ0n) is 18.0. The SMILES string of the molecule is C[C@@H](O)[C@@]1(C)C(=O)N2C(C(=O)O)=C(CN3c4cccc5ccc(CCN)c(c45)S3(=O)=O)S[C@@H]21. The number of nitrogens with two attached hydrogens (primary N) is 1. The number of hydrogen-bond donors (Lipinski definition) is 3. The van der Waals surface area contributed by atoms with Gasteiger partial charge in [-0.15, -0.1) is 0 Å². The number of fused-ring (bicyclic) bond motifs is 1. The summed E-state index contributed by atoms with van der Waals surface area (Å²) >= 11 is 1.12. The lowest BCUT2D eigenvalue weighted by Crippen LogP contribution is -2.68. The Morgan fingerprint density at radius 1 is 1.30 bits per heavy atom. The van der Waals surface area contributed by atoms with Gasteiger partial charge in [-0.25, -0.2) is 13.2 Å². The Kier molecular flexibility index (Phi) is 4.84. The highest BCUT2D eigenvalue weighted by Gasteiger charge is 2.66. The van der Waals surface area contributed by atoms with E-state index in [-0.39, 0.29) is 28.6 Å². The summed E-state index contributed by atoms with van der Waals surface area (Å²) in [5.41, 5.74) is 5.43. The molecular weight excluding hydrogens is 466 g/mol. The van der Waals surface area contributed by atoms with E-state index < -0.39 is 38.8 Å². The average molecular weight is 490 g/mol. The van der Waals surface area contributed by atoms with Crippen LogP contribution in [0.1, 0.15) is 19.4 Å². The highest BCUT2D eigenvalue weighted by Crippen LogP contribution is 2.57. The first-order valence-corrected chi connectivity index (χ1v) is 12.8. The van der Waals surface area contributed by atoms with Crippen LogP contribution in [0, 0.1) is 5.41 Å². The van der Waals surface area contributed by atoms with Crippen molar-refractivity contribution in [3.8, 4) is 0 Å². The molecule has 0 bridgehead atoms. The number of sulfonamides is 1. The third-order valence-corrected chi connectivity index (χ3v) is 10.3. The monoisotopic (exact) mass is 489 g/mol. The molecule has 0 saturated carbocycles. The maximum absolute atomic E-state index is 13.7. The van der Waals surface area contributed by atoms with Crippen LogP contribution in [0.25, 0.3) is 10.8 Å². The van der Waals surface area contributed by atoms with Crippen LogP contribution in [0.2, 0.25) is 0 Å². The van der Waals surface area contributed by atoms with E-state index in [1.165, 1.54) is 11.2 Å². The molecule has 1 amide bonds. The standard InChI is InChI=1S/C22H23N3O6S2/c1-11(26)22(2)20(29)25-17(19(27)28)15(32-21(22)25)10-24-14-5-3-4-12-6-7-13(8-9-23)18(16(12)14)33(24,30)31/h3-7,11,21,26H,8-10,23H2,1-2H3,(H,27,28)/t11-,21-,22+/m1/s1. The normalized spacial score (nSPS) is 26.1. The number of amides is 1. The van der Waals surface area contributed by atoms with Crippen molar-refractivity contribution in [1.82, 2.24) is 4.90 Å². The van der Waals surface area contributed by atoms with Gasteiger partial charge in [-0.05, 0) is 43.8 Å². The number of hydrogen-bond acceptors (Lipinski definition) is 7. The smallest absolute Gasteiger partial charge is 0.353 e. The summed E-state index contributed by atoms with van der Waals surface area (Å²) in [6.07, 6.45) is -0.595. The van der Waals surface area contributed by atoms with Gasteiger partial charge in [0.05, 0.1) is 18.3 Å². The summed E-state index contributed by atoms with van der Waals surface area (Å²) in [6.45, 7) is 3.16. The molecule has 1 saturated heterocycles. The predicted molar refractivity (Wildman–Crippen MR) is 124 cm³/mol. The first kappa shape index (κ1) is 22.2. The van der Waals surface area contributed by atoms with Gasteiger partial charge in [0.25, 0.3) is 10.0 Å². The molecule has 3 aliphatic rings. The molecule has 2 aromatic rings. The molecule has 5 rings (SSSR count). The van der Waals surface area contributed by atoms with Gasteiger partial charge in [-0.3, -0.25) is 14.0 Å². The Morgan fingerprint density at radius 3 is 2.67 bits per heavy atom. The molecule has 4 N–H and O–H groups in total. The molecule has 2 aromatic carbocycles. The summed E-state index contributed by atoms with van der Waals surface area (Å²) in [6, 6.07) is 8.91. The maximum Gasteiger partial charge on any atom is 0.353 e. The van der Waals surface area contributed by atoms with Crippen LogP contribution in [0.3, 0.4) is 0 Å². The number of aliphatic hydroxyl groups excluding tert-OH is 1. The van der Waals surface area contributed by atoms with Crippen molar-refractivity contribution in [2.45, 2.75) is 36.6 Å². The Bertz CT molecular complexity index is 1370. The number of carboxylic acids is 1. The number of carboxylic acid groups (broad SMARTS) is 1. The van der Waals surface area contributed by atoms with Gasteiger partial charge in [0.15, 0.2) is 0 Å². The van der Waals surface area contributed by atoms with Gasteiger partial charge >= 0.3 is 5.97 Å². The number of β-lactam (4-membered cyclic amide) rings is 1. The molecule has 1 fully saturated rings. The summed E-state index contributed by atoms with van der Waals surface area (Å²) < 4.78 is 28.6. The van der Waals surface area contributed by atoms with Crippen LogP contribution >= 0.6 is 11.8 Å². The maximum atomic E-state index is 13.7. The van der Waals surface area contributed by atoms with Gasteiger partial charge < -0.3 is 15.9 Å². The molecule has 33 heavy (non-hydrogen) atoms. The molecule has 0 aliphatic carbocycles. The number of aliphatic carboxylic acids is 1. The van der Waals surface area contributed by atoms with E-state index in [0.29, 0.717) is 23.1 Å². The number of carbonyl (C=O) groups is 2. The number of nitrogens with zero attached hydrogens (tertiary/aromatic N) is 2. The van der Waals surface area contributed by atoms with Crippen molar-refractivity contribution in [1.29, 1.82) is 0 Å². The largest absolute Gasteiger partial charge is 0.477 e. The van der Waals surface area contributed by atoms with E-state index in [1.54, 1.807) is 25.1 Å². The molecule has 0 unspecified atom stereocenters. The van der Waals surface area contributed by atoms with Crippen molar-refractivity contribution in [2.24, 2.45) is 11.1 Å². The fraction of sp³-hybridized carbons (Fsp3) is 0.364. The highest BCUT2D eigenvalue weighted by atomic mass is 32.2. The van der Waals surface area contributed by atoms with Gasteiger partial charge in [0, 0.05) is 10.3 Å².